The minimum absolute atomic E-state index is 0.0516. The molecular formula is C33H35F3N6O4. The predicted octanol–water partition coefficient (Wildman–Crippen LogP) is 5.36. The summed E-state index contributed by atoms with van der Waals surface area (Å²) in [7, 11) is 5.19. The van der Waals surface area contributed by atoms with Crippen molar-refractivity contribution >= 4 is 40.1 Å². The number of aromatic amines is 1. The number of hydrogen-bond acceptors (Lipinski definition) is 8. The van der Waals surface area contributed by atoms with Crippen molar-refractivity contribution in [2.45, 2.75) is 32.1 Å². The summed E-state index contributed by atoms with van der Waals surface area (Å²) in [6.45, 7) is 3.03. The minimum Gasteiger partial charge on any atom is -0.464 e. The predicted molar refractivity (Wildman–Crippen MR) is 168 cm³/mol. The van der Waals surface area contributed by atoms with Crippen LogP contribution in [0.1, 0.15) is 54.3 Å². The maximum atomic E-state index is 14.0. The molecule has 2 aromatic carbocycles. The van der Waals surface area contributed by atoms with Crippen LogP contribution in [0.5, 0.6) is 0 Å². The Balaban J connectivity index is 1.25. The second-order valence-corrected chi connectivity index (χ2v) is 11.6. The van der Waals surface area contributed by atoms with E-state index in [2.05, 4.69) is 25.5 Å². The van der Waals surface area contributed by atoms with Gasteiger partial charge in [-0.3, -0.25) is 14.5 Å². The molecule has 0 saturated carbocycles. The van der Waals surface area contributed by atoms with Gasteiger partial charge in [-0.05, 0) is 68.9 Å². The molecule has 46 heavy (non-hydrogen) atoms. The Labute approximate surface area is 263 Å². The average Bonchev–Trinajstić information content (AvgIpc) is 3.67. The number of methoxy groups -OCH3 is 1. The Kier molecular flexibility index (Phi) is 9.44. The molecule has 1 amide bonds. The van der Waals surface area contributed by atoms with Gasteiger partial charge in [-0.25, -0.2) is 9.78 Å². The number of likely N-dealkylation sites (N-methyl/N-ethyl adjacent to an activating group) is 1. The van der Waals surface area contributed by atoms with Crippen LogP contribution in [-0.2, 0) is 17.5 Å². The van der Waals surface area contributed by atoms with Gasteiger partial charge in [0.1, 0.15) is 11.3 Å². The van der Waals surface area contributed by atoms with Crippen LogP contribution in [-0.4, -0.2) is 84.3 Å². The number of aromatic nitrogens is 2. The van der Waals surface area contributed by atoms with Crippen LogP contribution in [0, 0.1) is 6.92 Å². The maximum absolute atomic E-state index is 14.0. The Morgan fingerprint density at radius 1 is 1.09 bits per heavy atom. The molecule has 1 atom stereocenters. The zero-order valence-corrected chi connectivity index (χ0v) is 25.9. The topological polar surface area (TPSA) is 120 Å². The van der Waals surface area contributed by atoms with Gasteiger partial charge >= 0.3 is 12.1 Å². The van der Waals surface area contributed by atoms with Crippen LogP contribution in [0.25, 0.3) is 11.0 Å². The number of amides is 1. The number of nitrogens with one attached hydrogen (secondary N) is 3. The zero-order chi connectivity index (χ0) is 33.2. The molecule has 0 spiro atoms. The van der Waals surface area contributed by atoms with Crippen molar-refractivity contribution in [1.29, 1.82) is 0 Å². The number of nitrogens with zero attached hydrogens (tertiary/aromatic N) is 3. The third kappa shape index (κ3) is 7.37. The molecule has 1 fully saturated rings. The smallest absolute Gasteiger partial charge is 0.416 e. The van der Waals surface area contributed by atoms with Crippen molar-refractivity contribution in [2.24, 2.45) is 0 Å². The molecule has 0 bridgehead atoms. The first-order valence-electron chi connectivity index (χ1n) is 14.7. The van der Waals surface area contributed by atoms with E-state index in [-0.39, 0.29) is 29.9 Å². The number of carbonyl (C=O) groups is 3. The summed E-state index contributed by atoms with van der Waals surface area (Å²) < 4.78 is 46.8. The van der Waals surface area contributed by atoms with Crippen LogP contribution in [0.2, 0.25) is 0 Å². The molecule has 13 heteroatoms. The quantitative estimate of drug-likeness (QED) is 0.157. The van der Waals surface area contributed by atoms with Crippen LogP contribution in [0.15, 0.2) is 54.7 Å². The lowest BCUT2D eigenvalue weighted by atomic mass is 10.0. The molecule has 2 aromatic heterocycles. The lowest BCUT2D eigenvalue weighted by Crippen LogP contribution is -2.31. The molecular weight excluding hydrogens is 601 g/mol. The fourth-order valence-corrected chi connectivity index (χ4v) is 5.53. The normalized spacial score (nSPS) is 15.3. The number of ketones is 1. The van der Waals surface area contributed by atoms with E-state index < -0.39 is 29.4 Å². The number of likely N-dealkylation sites (tertiary alicyclic amines) is 1. The second-order valence-electron chi connectivity index (χ2n) is 11.6. The Hall–Kier alpha value is -4.75. The molecule has 0 aliphatic carbocycles. The third-order valence-corrected chi connectivity index (χ3v) is 8.18. The summed E-state index contributed by atoms with van der Waals surface area (Å²) in [5, 5.41) is 6.31. The molecule has 1 saturated heterocycles. The Bertz CT molecular complexity index is 1790. The van der Waals surface area contributed by atoms with Gasteiger partial charge in [-0.1, -0.05) is 18.2 Å². The molecule has 242 valence electrons. The van der Waals surface area contributed by atoms with Gasteiger partial charge in [0.2, 0.25) is 0 Å². The first-order valence-corrected chi connectivity index (χ1v) is 14.7. The highest BCUT2D eigenvalue weighted by Gasteiger charge is 2.35. The minimum atomic E-state index is -4.61. The number of anilines is 2. The lowest BCUT2D eigenvalue weighted by molar-refractivity contribution is -0.138. The first kappa shape index (κ1) is 32.6. The molecule has 10 nitrogen and oxygen atoms in total. The van der Waals surface area contributed by atoms with Gasteiger partial charge in [0, 0.05) is 47.9 Å². The lowest BCUT2D eigenvalue weighted by Gasteiger charge is -2.22. The number of Topliss-reactive ketones (excluding diaryl/α,β-unsaturated/α-hetero) is 1. The number of rotatable bonds is 10. The number of fused-ring (bicyclic) bond motifs is 1. The number of alkyl halides is 3. The molecule has 5 rings (SSSR count). The molecule has 1 aliphatic heterocycles. The van der Waals surface area contributed by atoms with Crippen molar-refractivity contribution in [1.82, 2.24) is 19.8 Å². The first-order chi connectivity index (χ1) is 21.8. The van der Waals surface area contributed by atoms with Gasteiger partial charge in [0.05, 0.1) is 31.1 Å². The van der Waals surface area contributed by atoms with E-state index >= 15 is 0 Å². The Morgan fingerprint density at radius 2 is 1.87 bits per heavy atom. The van der Waals surface area contributed by atoms with Crippen LogP contribution in [0.3, 0.4) is 0 Å². The summed E-state index contributed by atoms with van der Waals surface area (Å²) in [6, 6.07) is 12.2. The van der Waals surface area contributed by atoms with Gasteiger partial charge in [0.15, 0.2) is 5.78 Å². The summed E-state index contributed by atoms with van der Waals surface area (Å²) in [6.07, 6.45) is -2.28. The highest BCUT2D eigenvalue weighted by Crippen LogP contribution is 2.34. The second kappa shape index (κ2) is 13.3. The van der Waals surface area contributed by atoms with Crippen molar-refractivity contribution in [2.75, 3.05) is 51.5 Å². The molecule has 1 unspecified atom stereocenters. The fraction of sp³-hybridized carbons (Fsp3) is 0.333. The van der Waals surface area contributed by atoms with Crippen LogP contribution in [0.4, 0.5) is 24.5 Å². The van der Waals surface area contributed by atoms with Gasteiger partial charge in [-0.2, -0.15) is 13.2 Å². The number of esters is 1. The monoisotopic (exact) mass is 636 g/mol. The van der Waals surface area contributed by atoms with Gasteiger partial charge < -0.3 is 25.3 Å². The third-order valence-electron chi connectivity index (χ3n) is 8.18. The van der Waals surface area contributed by atoms with Crippen LogP contribution < -0.4 is 10.6 Å². The van der Waals surface area contributed by atoms with E-state index in [4.69, 9.17) is 4.74 Å². The fourth-order valence-electron chi connectivity index (χ4n) is 5.53. The number of hydrogen-bond donors (Lipinski definition) is 3. The molecule has 1 aliphatic rings. The van der Waals surface area contributed by atoms with E-state index in [0.29, 0.717) is 52.7 Å². The van der Waals surface area contributed by atoms with Crippen LogP contribution >= 0.6 is 0 Å². The number of benzene rings is 2. The summed E-state index contributed by atoms with van der Waals surface area (Å²) in [4.78, 5) is 49.1. The summed E-state index contributed by atoms with van der Waals surface area (Å²) >= 11 is 0. The van der Waals surface area contributed by atoms with Gasteiger partial charge in [-0.15, -0.1) is 0 Å². The molecule has 3 N–H and O–H groups in total. The van der Waals surface area contributed by atoms with E-state index in [0.717, 1.165) is 12.5 Å². The standard InChI is InChI=1S/C33H35F3N6O4/c1-19-5-8-23(14-26(19)31(44)39-24-11-22-13-28(32(45)46-4)40-30(22)38-15-24)37-16-29(43)20-6-7-21(27(12-20)33(34,35)36)17-42-10-9-25(18-42)41(2)3/h5-8,11-15,25,37H,9-10,16-18H2,1-4H3,(H,38,40)(H,39,44). The largest absolute Gasteiger partial charge is 0.464 e. The number of pyridine rings is 1. The van der Waals surface area contributed by atoms with E-state index in [1.165, 1.54) is 25.4 Å². The molecule has 3 heterocycles. The highest BCUT2D eigenvalue weighted by molar-refractivity contribution is 6.07. The van der Waals surface area contributed by atoms with E-state index in [9.17, 15) is 27.6 Å². The van der Waals surface area contributed by atoms with Crippen molar-refractivity contribution in [3.63, 3.8) is 0 Å². The zero-order valence-electron chi connectivity index (χ0n) is 25.9. The molecule has 4 aromatic rings. The SMILES string of the molecule is COC(=O)c1cc2cc(NC(=O)c3cc(NCC(=O)c4ccc(CN5CCC(N(C)C)C5)c(C(F)(F)F)c4)ccc3C)cnc2[nH]1. The van der Waals surface area contributed by atoms with E-state index in [1.54, 1.807) is 37.3 Å². The number of ether oxygens (including phenoxy) is 1. The number of H-pyrrole nitrogens is 1. The van der Waals surface area contributed by atoms with Crippen molar-refractivity contribution < 1.29 is 32.3 Å². The number of halogens is 3. The Morgan fingerprint density at radius 3 is 2.57 bits per heavy atom. The highest BCUT2D eigenvalue weighted by atomic mass is 19.4. The maximum Gasteiger partial charge on any atom is 0.416 e. The average molecular weight is 637 g/mol. The number of aryl methyl sites for hydroxylation is 1. The molecule has 0 radical (unpaired) electrons. The van der Waals surface area contributed by atoms with Crippen molar-refractivity contribution in [3.8, 4) is 0 Å². The van der Waals surface area contributed by atoms with Gasteiger partial charge in [0.25, 0.3) is 5.91 Å². The van der Waals surface area contributed by atoms with E-state index in [1.807, 2.05) is 19.0 Å². The number of carbonyl (C=O) groups excluding carboxylic acids is 3. The van der Waals surface area contributed by atoms with Crippen molar-refractivity contribution in [3.05, 3.63) is 88.2 Å². The summed E-state index contributed by atoms with van der Waals surface area (Å²) in [5.74, 6) is -1.50. The summed E-state index contributed by atoms with van der Waals surface area (Å²) in [5.41, 5.74) is 1.78.